The van der Waals surface area contributed by atoms with Crippen molar-refractivity contribution in [2.24, 2.45) is 7.05 Å². The molecule has 2 aromatic heterocycles. The molecule has 1 N–H and O–H groups in total. The van der Waals surface area contributed by atoms with E-state index in [9.17, 15) is 25.0 Å². The van der Waals surface area contributed by atoms with Crippen LogP contribution in [0.3, 0.4) is 0 Å². The molecule has 11 nitrogen and oxygen atoms in total. The van der Waals surface area contributed by atoms with Crippen molar-refractivity contribution in [1.29, 1.82) is 5.26 Å². The zero-order valence-electron chi connectivity index (χ0n) is 22.1. The fourth-order valence-corrected chi connectivity index (χ4v) is 4.37. The maximum absolute atomic E-state index is 13.3. The molecule has 0 aliphatic carbocycles. The fourth-order valence-electron chi connectivity index (χ4n) is 4.37. The molecule has 41 heavy (non-hydrogen) atoms. The van der Waals surface area contributed by atoms with E-state index in [1.54, 1.807) is 65.9 Å². The van der Waals surface area contributed by atoms with Crippen LogP contribution in [0.5, 0.6) is 0 Å². The summed E-state index contributed by atoms with van der Waals surface area (Å²) in [4.78, 5) is 37.2. The average molecular weight is 546 g/mol. The van der Waals surface area contributed by atoms with Crippen molar-refractivity contribution in [2.45, 2.75) is 6.92 Å². The zero-order chi connectivity index (χ0) is 29.1. The summed E-state index contributed by atoms with van der Waals surface area (Å²) in [6, 6.07) is 26.0. The van der Waals surface area contributed by atoms with Crippen molar-refractivity contribution in [2.75, 3.05) is 5.32 Å². The highest BCUT2D eigenvalue weighted by Crippen LogP contribution is 2.28. The highest BCUT2D eigenvalue weighted by molar-refractivity contribution is 6.10. The van der Waals surface area contributed by atoms with E-state index in [1.165, 1.54) is 22.9 Å². The number of nitrogens with zero attached hydrogens (tertiary/aromatic N) is 6. The molecule has 11 heteroatoms. The third kappa shape index (κ3) is 5.17. The van der Waals surface area contributed by atoms with Gasteiger partial charge in [0, 0.05) is 36.5 Å². The summed E-state index contributed by atoms with van der Waals surface area (Å²) in [6.45, 7) is 1.70. The molecule has 0 radical (unpaired) electrons. The van der Waals surface area contributed by atoms with Gasteiger partial charge in [0.2, 0.25) is 0 Å². The van der Waals surface area contributed by atoms with Gasteiger partial charge in [-0.15, -0.1) is 0 Å². The van der Waals surface area contributed by atoms with Gasteiger partial charge in [-0.05, 0) is 49.4 Å². The minimum Gasteiger partial charge on any atom is -0.315 e. The van der Waals surface area contributed by atoms with Crippen molar-refractivity contribution in [1.82, 2.24) is 19.1 Å². The number of hydrogen-bond donors (Lipinski definition) is 1. The molecule has 3 aromatic carbocycles. The molecular formula is C30H23N7O4. The minimum absolute atomic E-state index is 0.0538. The Morgan fingerprint density at radius 1 is 1.00 bits per heavy atom. The molecule has 0 saturated carbocycles. The van der Waals surface area contributed by atoms with E-state index in [1.807, 2.05) is 42.5 Å². The van der Waals surface area contributed by atoms with Gasteiger partial charge in [-0.3, -0.25) is 24.4 Å². The van der Waals surface area contributed by atoms with Crippen LogP contribution in [0.4, 0.5) is 11.4 Å². The van der Waals surface area contributed by atoms with E-state index >= 15 is 0 Å². The summed E-state index contributed by atoms with van der Waals surface area (Å²) < 4.78 is 4.65. The van der Waals surface area contributed by atoms with Gasteiger partial charge in [-0.25, -0.2) is 9.36 Å². The van der Waals surface area contributed by atoms with Gasteiger partial charge in [0.15, 0.2) is 0 Å². The maximum atomic E-state index is 13.3. The van der Waals surface area contributed by atoms with Crippen LogP contribution in [0.15, 0.2) is 101 Å². The van der Waals surface area contributed by atoms with E-state index < -0.39 is 16.4 Å². The van der Waals surface area contributed by atoms with Crippen LogP contribution < -0.4 is 10.9 Å². The standard InChI is InChI=1S/C30H23N7O4/c1-20-27(30(39)36(34(20)2)25-11-7-4-8-12-25)32-29(38)22(18-31)17-23-19-35(24-9-5-3-6-10-24)33-28(23)21-13-15-26(16-14-21)37(40)41/h3-17,19H,1-2H3,(H,32,38)/b22-17+. The first kappa shape index (κ1) is 26.6. The van der Waals surface area contributed by atoms with Crippen LogP contribution in [-0.4, -0.2) is 30.0 Å². The van der Waals surface area contributed by atoms with Gasteiger partial charge in [0.1, 0.15) is 23.0 Å². The van der Waals surface area contributed by atoms with Gasteiger partial charge in [0.25, 0.3) is 17.2 Å². The molecule has 0 aliphatic heterocycles. The number of benzene rings is 3. The number of nitro groups is 1. The molecule has 1 amide bonds. The normalized spacial score (nSPS) is 11.2. The highest BCUT2D eigenvalue weighted by Gasteiger charge is 2.21. The quantitative estimate of drug-likeness (QED) is 0.135. The monoisotopic (exact) mass is 545 g/mol. The third-order valence-electron chi connectivity index (χ3n) is 6.57. The van der Waals surface area contributed by atoms with Gasteiger partial charge in [-0.2, -0.15) is 10.4 Å². The van der Waals surface area contributed by atoms with Gasteiger partial charge in [-0.1, -0.05) is 36.4 Å². The number of carbonyl (C=O) groups is 1. The Kier molecular flexibility index (Phi) is 7.13. The number of nitro benzene ring substituents is 1. The van der Waals surface area contributed by atoms with Crippen LogP contribution in [0.25, 0.3) is 28.7 Å². The zero-order valence-corrected chi connectivity index (χ0v) is 22.1. The molecule has 0 aliphatic rings. The lowest BCUT2D eigenvalue weighted by Gasteiger charge is -2.07. The molecule has 5 rings (SSSR count). The van der Waals surface area contributed by atoms with Gasteiger partial charge in [0.05, 0.1) is 22.0 Å². The van der Waals surface area contributed by atoms with Crippen molar-refractivity contribution in [3.05, 3.63) is 128 Å². The van der Waals surface area contributed by atoms with Crippen LogP contribution in [0.2, 0.25) is 0 Å². The molecule has 202 valence electrons. The Bertz CT molecular complexity index is 1890. The molecule has 5 aromatic rings. The molecular weight excluding hydrogens is 522 g/mol. The first-order valence-corrected chi connectivity index (χ1v) is 12.5. The fraction of sp³-hybridized carbons (Fsp3) is 0.0667. The van der Waals surface area contributed by atoms with Crippen LogP contribution >= 0.6 is 0 Å². The summed E-state index contributed by atoms with van der Waals surface area (Å²) in [5.41, 5.74) is 2.54. The number of nitriles is 1. The summed E-state index contributed by atoms with van der Waals surface area (Å²) in [6.07, 6.45) is 3.04. The average Bonchev–Trinajstić information content (AvgIpc) is 3.51. The summed E-state index contributed by atoms with van der Waals surface area (Å²) >= 11 is 0. The SMILES string of the molecule is Cc1c(NC(=O)/C(C#N)=C/c2cn(-c3ccccc3)nc2-c2ccc([N+](=O)[O-])cc2)c(=O)n(-c2ccccc2)n1C. The van der Waals surface area contributed by atoms with Crippen LogP contribution in [0, 0.1) is 28.4 Å². The molecule has 0 bridgehead atoms. The summed E-state index contributed by atoms with van der Waals surface area (Å²) in [5, 5.41) is 28.3. The van der Waals surface area contributed by atoms with Gasteiger partial charge < -0.3 is 5.32 Å². The third-order valence-corrected chi connectivity index (χ3v) is 6.57. The number of non-ortho nitro benzene ring substituents is 1. The molecule has 0 saturated heterocycles. The minimum atomic E-state index is -0.763. The Morgan fingerprint density at radius 3 is 2.20 bits per heavy atom. The number of nitrogens with one attached hydrogen (secondary N) is 1. The summed E-state index contributed by atoms with van der Waals surface area (Å²) in [5.74, 6) is -0.763. The Balaban J connectivity index is 1.54. The number of rotatable bonds is 7. The van der Waals surface area contributed by atoms with E-state index in [-0.39, 0.29) is 16.9 Å². The lowest BCUT2D eigenvalue weighted by molar-refractivity contribution is -0.384. The topological polar surface area (TPSA) is 141 Å². The second-order valence-electron chi connectivity index (χ2n) is 9.08. The first-order chi connectivity index (χ1) is 19.8. The lowest BCUT2D eigenvalue weighted by Crippen LogP contribution is -2.23. The van der Waals surface area contributed by atoms with E-state index in [2.05, 4.69) is 10.4 Å². The lowest BCUT2D eigenvalue weighted by atomic mass is 10.1. The van der Waals surface area contributed by atoms with E-state index in [4.69, 9.17) is 0 Å². The number of hydrogen-bond acceptors (Lipinski definition) is 6. The predicted molar refractivity (Wildman–Crippen MR) is 154 cm³/mol. The molecule has 0 spiro atoms. The Hall–Kier alpha value is -6.02. The Labute approximate surface area is 234 Å². The van der Waals surface area contributed by atoms with E-state index in [0.29, 0.717) is 28.2 Å². The number of carbonyl (C=O) groups excluding carboxylic acids is 1. The number of para-hydroxylation sites is 2. The van der Waals surface area contributed by atoms with Crippen molar-refractivity contribution in [3.63, 3.8) is 0 Å². The second kappa shape index (κ2) is 11.0. The highest BCUT2D eigenvalue weighted by atomic mass is 16.6. The van der Waals surface area contributed by atoms with Crippen molar-refractivity contribution >= 4 is 23.4 Å². The number of anilines is 1. The molecule has 2 heterocycles. The summed E-state index contributed by atoms with van der Waals surface area (Å²) in [7, 11) is 1.70. The smallest absolute Gasteiger partial charge is 0.295 e. The first-order valence-electron chi connectivity index (χ1n) is 12.5. The molecule has 0 atom stereocenters. The van der Waals surface area contributed by atoms with Crippen LogP contribution in [0.1, 0.15) is 11.3 Å². The second-order valence-corrected chi connectivity index (χ2v) is 9.08. The largest absolute Gasteiger partial charge is 0.315 e. The van der Waals surface area contributed by atoms with E-state index in [0.717, 1.165) is 5.69 Å². The van der Waals surface area contributed by atoms with Crippen molar-refractivity contribution in [3.8, 4) is 28.7 Å². The number of aromatic nitrogens is 4. The van der Waals surface area contributed by atoms with Crippen molar-refractivity contribution < 1.29 is 9.72 Å². The predicted octanol–water partition coefficient (Wildman–Crippen LogP) is 4.79. The number of amides is 1. The van der Waals surface area contributed by atoms with Crippen LogP contribution in [-0.2, 0) is 11.8 Å². The Morgan fingerprint density at radius 2 is 1.61 bits per heavy atom. The van der Waals surface area contributed by atoms with Gasteiger partial charge >= 0.3 is 0 Å². The molecule has 0 unspecified atom stereocenters. The molecule has 0 fully saturated rings. The maximum Gasteiger partial charge on any atom is 0.295 e.